The van der Waals surface area contributed by atoms with E-state index in [4.69, 9.17) is 4.74 Å². The normalized spacial score (nSPS) is 15.5. The van der Waals surface area contributed by atoms with E-state index in [1.807, 2.05) is 6.92 Å². The van der Waals surface area contributed by atoms with Crippen LogP contribution in [0.4, 0.5) is 15.8 Å². The Morgan fingerprint density at radius 2 is 1.65 bits per heavy atom. The zero-order valence-electron chi connectivity index (χ0n) is 18.0. The molecule has 0 N–H and O–H groups in total. The second kappa shape index (κ2) is 9.55. The van der Waals surface area contributed by atoms with Crippen LogP contribution >= 0.6 is 0 Å². The first kappa shape index (κ1) is 22.9. The average Bonchev–Trinajstić information content (AvgIpc) is 2.77. The quantitative estimate of drug-likeness (QED) is 0.650. The Labute approximate surface area is 183 Å². The Hall–Kier alpha value is -2.81. The average molecular weight is 450 g/mol. The third-order valence-corrected chi connectivity index (χ3v) is 6.61. The summed E-state index contributed by atoms with van der Waals surface area (Å²) < 4.78 is 43.5. The minimum Gasteiger partial charge on any atom is -0.481 e. The van der Waals surface area contributed by atoms with Gasteiger partial charge in [-0.2, -0.15) is 0 Å². The van der Waals surface area contributed by atoms with E-state index < -0.39 is 16.1 Å². The number of ether oxygens (including phenoxy) is 1. The van der Waals surface area contributed by atoms with Gasteiger partial charge in [-0.1, -0.05) is 6.92 Å². The predicted octanol–water partition coefficient (Wildman–Crippen LogP) is 2.73. The van der Waals surface area contributed by atoms with Crippen LogP contribution in [0.1, 0.15) is 13.3 Å². The fourth-order valence-corrected chi connectivity index (χ4v) is 3.94. The van der Waals surface area contributed by atoms with Crippen LogP contribution in [0.25, 0.3) is 0 Å². The molecule has 1 amide bonds. The highest BCUT2D eigenvalue weighted by Crippen LogP contribution is 2.23. The zero-order valence-corrected chi connectivity index (χ0v) is 18.8. The number of anilines is 2. The predicted molar refractivity (Wildman–Crippen MR) is 120 cm³/mol. The van der Waals surface area contributed by atoms with Crippen molar-refractivity contribution in [1.29, 1.82) is 0 Å². The lowest BCUT2D eigenvalue weighted by Gasteiger charge is -2.37. The summed E-state index contributed by atoms with van der Waals surface area (Å²) in [5.41, 5.74) is 1.46. The Bertz CT molecular complexity index is 988. The maximum absolute atomic E-state index is 13.1. The number of hydrogen-bond donors (Lipinski definition) is 0. The van der Waals surface area contributed by atoms with Crippen molar-refractivity contribution in [2.24, 2.45) is 0 Å². The Balaban J connectivity index is 1.58. The van der Waals surface area contributed by atoms with Gasteiger partial charge < -0.3 is 14.5 Å². The van der Waals surface area contributed by atoms with Crippen LogP contribution in [0.3, 0.4) is 0 Å². The number of sulfonamides is 1. The number of nitrogens with zero attached hydrogens (tertiary/aromatic N) is 3. The second-order valence-electron chi connectivity index (χ2n) is 7.53. The molecule has 1 atom stereocenters. The maximum Gasteiger partial charge on any atom is 0.263 e. The largest absolute Gasteiger partial charge is 0.481 e. The molecule has 0 bridgehead atoms. The third kappa shape index (κ3) is 5.66. The van der Waals surface area contributed by atoms with Crippen molar-refractivity contribution in [1.82, 2.24) is 4.90 Å². The maximum atomic E-state index is 13.1. The van der Waals surface area contributed by atoms with Crippen molar-refractivity contribution >= 4 is 27.3 Å². The van der Waals surface area contributed by atoms with Crippen molar-refractivity contribution < 1.29 is 22.3 Å². The molecule has 9 heteroatoms. The molecular formula is C22H28FN3O4S. The lowest BCUT2D eigenvalue weighted by molar-refractivity contribution is -0.139. The molecule has 3 rings (SSSR count). The summed E-state index contributed by atoms with van der Waals surface area (Å²) in [6.07, 6.45) is 1.04. The Morgan fingerprint density at radius 1 is 1.06 bits per heavy atom. The van der Waals surface area contributed by atoms with E-state index in [0.717, 1.165) is 11.9 Å². The molecule has 1 heterocycles. The van der Waals surface area contributed by atoms with E-state index in [2.05, 4.69) is 4.90 Å². The summed E-state index contributed by atoms with van der Waals surface area (Å²) in [5.74, 6) is 0.172. The van der Waals surface area contributed by atoms with E-state index in [1.54, 1.807) is 41.3 Å². The van der Waals surface area contributed by atoms with Gasteiger partial charge in [-0.15, -0.1) is 0 Å². The number of carbonyl (C=O) groups is 1. The molecule has 7 nitrogen and oxygen atoms in total. The molecule has 0 spiro atoms. The molecule has 0 radical (unpaired) electrons. The van der Waals surface area contributed by atoms with Crippen LogP contribution in [-0.2, 0) is 14.8 Å². The molecule has 2 aromatic rings. The van der Waals surface area contributed by atoms with Gasteiger partial charge in [0.25, 0.3) is 5.91 Å². The topological polar surface area (TPSA) is 70.2 Å². The monoisotopic (exact) mass is 449 g/mol. The summed E-state index contributed by atoms with van der Waals surface area (Å²) in [5, 5.41) is 0. The van der Waals surface area contributed by atoms with E-state index >= 15 is 0 Å². The molecule has 1 aliphatic rings. The van der Waals surface area contributed by atoms with E-state index in [-0.39, 0.29) is 11.7 Å². The van der Waals surface area contributed by atoms with Gasteiger partial charge in [0.05, 0.1) is 11.9 Å². The Kier molecular flexibility index (Phi) is 7.04. The molecule has 0 aliphatic carbocycles. The first-order valence-corrected chi connectivity index (χ1v) is 12.0. The van der Waals surface area contributed by atoms with Gasteiger partial charge in [-0.25, -0.2) is 12.8 Å². The van der Waals surface area contributed by atoms with Crippen molar-refractivity contribution in [3.8, 4) is 5.75 Å². The highest BCUT2D eigenvalue weighted by molar-refractivity contribution is 7.92. The minimum atomic E-state index is -3.34. The fraction of sp³-hybridized carbons (Fsp3) is 0.409. The molecule has 31 heavy (non-hydrogen) atoms. The van der Waals surface area contributed by atoms with Gasteiger partial charge in [0.15, 0.2) is 6.10 Å². The fourth-order valence-electron chi connectivity index (χ4n) is 3.44. The number of carbonyl (C=O) groups excluding carboxylic acids is 1. The molecule has 0 aromatic heterocycles. The minimum absolute atomic E-state index is 0.0708. The van der Waals surface area contributed by atoms with Gasteiger partial charge in [-0.3, -0.25) is 9.10 Å². The number of piperazine rings is 1. The zero-order chi connectivity index (χ0) is 22.6. The van der Waals surface area contributed by atoms with Crippen LogP contribution in [0.2, 0.25) is 0 Å². The number of amides is 1. The number of hydrogen-bond acceptors (Lipinski definition) is 5. The second-order valence-corrected chi connectivity index (χ2v) is 9.54. The van der Waals surface area contributed by atoms with Crippen molar-refractivity contribution in [2.75, 3.05) is 48.7 Å². The SMILES string of the molecule is CC[C@@H](Oc1ccc(N(C)S(C)(=O)=O)cc1)C(=O)N1CCN(c2ccc(F)cc2)CC1. The van der Waals surface area contributed by atoms with E-state index in [1.165, 1.54) is 23.5 Å². The Morgan fingerprint density at radius 3 is 2.16 bits per heavy atom. The van der Waals surface area contributed by atoms with Crippen LogP contribution in [0.15, 0.2) is 48.5 Å². The van der Waals surface area contributed by atoms with Crippen molar-refractivity contribution in [3.63, 3.8) is 0 Å². The summed E-state index contributed by atoms with van der Waals surface area (Å²) in [7, 11) is -1.86. The van der Waals surface area contributed by atoms with Crippen molar-refractivity contribution in [3.05, 3.63) is 54.3 Å². The van der Waals surface area contributed by atoms with E-state index in [0.29, 0.717) is 44.0 Å². The molecule has 168 valence electrons. The van der Waals surface area contributed by atoms with Crippen LogP contribution in [-0.4, -0.2) is 64.8 Å². The standard InChI is InChI=1S/C22H28FN3O4S/c1-4-21(30-20-11-9-18(10-12-20)24(2)31(3,28)29)22(27)26-15-13-25(14-16-26)19-7-5-17(23)6-8-19/h5-12,21H,4,13-16H2,1-3H3/t21-/m1/s1. The summed E-state index contributed by atoms with van der Waals surface area (Å²) in [6.45, 7) is 4.35. The first-order valence-electron chi connectivity index (χ1n) is 10.2. The number of halogens is 1. The van der Waals surface area contributed by atoms with Gasteiger partial charge in [0.1, 0.15) is 11.6 Å². The van der Waals surface area contributed by atoms with Gasteiger partial charge in [0.2, 0.25) is 10.0 Å². The molecule has 2 aromatic carbocycles. The molecular weight excluding hydrogens is 421 g/mol. The molecule has 0 saturated carbocycles. The van der Waals surface area contributed by atoms with Gasteiger partial charge in [-0.05, 0) is 55.0 Å². The number of benzene rings is 2. The van der Waals surface area contributed by atoms with Gasteiger partial charge >= 0.3 is 0 Å². The number of rotatable bonds is 7. The van der Waals surface area contributed by atoms with Crippen LogP contribution in [0, 0.1) is 5.82 Å². The summed E-state index contributed by atoms with van der Waals surface area (Å²) in [4.78, 5) is 16.9. The molecule has 0 unspecified atom stereocenters. The molecule has 1 aliphatic heterocycles. The summed E-state index contributed by atoms with van der Waals surface area (Å²) in [6, 6.07) is 13.0. The van der Waals surface area contributed by atoms with Crippen LogP contribution in [0.5, 0.6) is 5.75 Å². The first-order chi connectivity index (χ1) is 14.7. The van der Waals surface area contributed by atoms with Crippen molar-refractivity contribution in [2.45, 2.75) is 19.4 Å². The molecule has 1 fully saturated rings. The highest BCUT2D eigenvalue weighted by atomic mass is 32.2. The summed E-state index contributed by atoms with van der Waals surface area (Å²) >= 11 is 0. The lowest BCUT2D eigenvalue weighted by Crippen LogP contribution is -2.52. The van der Waals surface area contributed by atoms with E-state index in [9.17, 15) is 17.6 Å². The molecule has 1 saturated heterocycles. The van der Waals surface area contributed by atoms with Crippen LogP contribution < -0.4 is 13.9 Å². The highest BCUT2D eigenvalue weighted by Gasteiger charge is 2.28. The lowest BCUT2D eigenvalue weighted by atomic mass is 10.2. The van der Waals surface area contributed by atoms with Gasteiger partial charge in [0, 0.05) is 38.9 Å². The third-order valence-electron chi connectivity index (χ3n) is 5.41. The smallest absolute Gasteiger partial charge is 0.263 e.